The summed E-state index contributed by atoms with van der Waals surface area (Å²) < 4.78 is 6.93. The quantitative estimate of drug-likeness (QED) is 0.585. The van der Waals surface area contributed by atoms with E-state index in [0.717, 1.165) is 16.1 Å². The molecule has 130 valence electrons. The predicted octanol–water partition coefficient (Wildman–Crippen LogP) is 3.47. The lowest BCUT2D eigenvalue weighted by Crippen LogP contribution is -2.26. The maximum Gasteiger partial charge on any atom is 0.273 e. The zero-order valence-electron chi connectivity index (χ0n) is 13.9. The number of carbonyl (C=O) groups excluding carboxylic acids is 1. The summed E-state index contributed by atoms with van der Waals surface area (Å²) in [7, 11) is 0. The first kappa shape index (κ1) is 16.2. The van der Waals surface area contributed by atoms with Gasteiger partial charge in [-0.05, 0) is 36.1 Å². The average molecular weight is 365 g/mol. The van der Waals surface area contributed by atoms with Crippen molar-refractivity contribution in [3.8, 4) is 16.3 Å². The number of thiophene rings is 1. The van der Waals surface area contributed by atoms with E-state index in [1.54, 1.807) is 17.1 Å². The molecule has 1 N–H and O–H groups in total. The van der Waals surface area contributed by atoms with Gasteiger partial charge in [0, 0.05) is 6.07 Å². The molecule has 0 aliphatic carbocycles. The van der Waals surface area contributed by atoms with Crippen molar-refractivity contribution in [3.05, 3.63) is 71.8 Å². The normalized spacial score (nSPS) is 12.0. The van der Waals surface area contributed by atoms with E-state index in [4.69, 9.17) is 4.52 Å². The predicted molar refractivity (Wildman–Crippen MR) is 97.1 cm³/mol. The third-order valence-electron chi connectivity index (χ3n) is 3.93. The molecule has 1 unspecified atom stereocenters. The van der Waals surface area contributed by atoms with Gasteiger partial charge in [-0.2, -0.15) is 5.10 Å². The van der Waals surface area contributed by atoms with Crippen LogP contribution in [0.2, 0.25) is 0 Å². The second kappa shape index (κ2) is 6.93. The molecule has 26 heavy (non-hydrogen) atoms. The van der Waals surface area contributed by atoms with Crippen LogP contribution in [0.3, 0.4) is 0 Å². The van der Waals surface area contributed by atoms with E-state index in [1.807, 2.05) is 48.7 Å². The minimum absolute atomic E-state index is 0.172. The van der Waals surface area contributed by atoms with Gasteiger partial charge in [0.1, 0.15) is 12.7 Å². The summed E-state index contributed by atoms with van der Waals surface area (Å²) in [5.41, 5.74) is 2.14. The van der Waals surface area contributed by atoms with Crippen LogP contribution < -0.4 is 5.32 Å². The van der Waals surface area contributed by atoms with Gasteiger partial charge >= 0.3 is 0 Å². The highest BCUT2D eigenvalue weighted by Gasteiger charge is 2.17. The summed E-state index contributed by atoms with van der Waals surface area (Å²) in [4.78, 5) is 17.3. The summed E-state index contributed by atoms with van der Waals surface area (Å²) in [5.74, 6) is 0.319. The fourth-order valence-electron chi connectivity index (χ4n) is 2.53. The Hall–Kier alpha value is -3.26. The van der Waals surface area contributed by atoms with Crippen LogP contribution in [0.25, 0.3) is 16.3 Å². The van der Waals surface area contributed by atoms with Crippen LogP contribution in [-0.2, 0) is 0 Å². The number of rotatable bonds is 5. The Morgan fingerprint density at radius 2 is 2.12 bits per heavy atom. The second-order valence-electron chi connectivity index (χ2n) is 5.68. The molecular weight excluding hydrogens is 350 g/mol. The summed E-state index contributed by atoms with van der Waals surface area (Å²) >= 11 is 1.53. The van der Waals surface area contributed by atoms with Crippen molar-refractivity contribution in [1.82, 2.24) is 25.2 Å². The van der Waals surface area contributed by atoms with Crippen molar-refractivity contribution in [2.75, 3.05) is 0 Å². The van der Waals surface area contributed by atoms with E-state index >= 15 is 0 Å². The number of carbonyl (C=O) groups is 1. The Balaban J connectivity index is 1.44. The molecule has 8 heteroatoms. The van der Waals surface area contributed by atoms with E-state index in [9.17, 15) is 4.79 Å². The van der Waals surface area contributed by atoms with Crippen LogP contribution in [0.5, 0.6) is 0 Å². The van der Waals surface area contributed by atoms with E-state index < -0.39 is 0 Å². The van der Waals surface area contributed by atoms with Gasteiger partial charge in [0.05, 0.1) is 16.6 Å². The fraction of sp³-hybridized carbons (Fsp3) is 0.111. The lowest BCUT2D eigenvalue weighted by Gasteiger charge is -2.13. The Kier molecular flexibility index (Phi) is 4.32. The molecule has 3 aromatic heterocycles. The second-order valence-corrected chi connectivity index (χ2v) is 6.63. The van der Waals surface area contributed by atoms with Crippen LogP contribution in [0.4, 0.5) is 0 Å². The molecule has 1 aromatic carbocycles. The van der Waals surface area contributed by atoms with Crippen LogP contribution in [-0.4, -0.2) is 25.8 Å². The van der Waals surface area contributed by atoms with E-state index in [2.05, 4.69) is 20.6 Å². The van der Waals surface area contributed by atoms with Crippen molar-refractivity contribution in [3.63, 3.8) is 0 Å². The Bertz CT molecular complexity index is 991. The van der Waals surface area contributed by atoms with Crippen molar-refractivity contribution in [1.29, 1.82) is 0 Å². The number of benzene rings is 1. The first-order valence-corrected chi connectivity index (χ1v) is 8.85. The molecule has 4 rings (SSSR count). The van der Waals surface area contributed by atoms with Crippen LogP contribution in [0.15, 0.2) is 65.0 Å². The topological polar surface area (TPSA) is 85.8 Å². The monoisotopic (exact) mass is 365 g/mol. The molecule has 7 nitrogen and oxygen atoms in total. The average Bonchev–Trinajstić information content (AvgIpc) is 3.43. The Morgan fingerprint density at radius 1 is 1.27 bits per heavy atom. The molecule has 1 atom stereocenters. The largest absolute Gasteiger partial charge is 0.355 e. The third-order valence-corrected chi connectivity index (χ3v) is 4.82. The molecule has 0 bridgehead atoms. The lowest BCUT2D eigenvalue weighted by atomic mass is 10.1. The molecule has 0 saturated carbocycles. The van der Waals surface area contributed by atoms with E-state index in [1.165, 1.54) is 17.7 Å². The molecular formula is C18H15N5O2S. The molecule has 0 saturated heterocycles. The number of nitrogens with one attached hydrogen (secondary N) is 1. The molecule has 0 radical (unpaired) electrons. The minimum Gasteiger partial charge on any atom is -0.355 e. The van der Waals surface area contributed by atoms with Crippen LogP contribution in [0, 0.1) is 0 Å². The highest BCUT2D eigenvalue weighted by Crippen LogP contribution is 2.25. The van der Waals surface area contributed by atoms with E-state index in [-0.39, 0.29) is 17.6 Å². The van der Waals surface area contributed by atoms with Crippen molar-refractivity contribution >= 4 is 17.2 Å². The summed E-state index contributed by atoms with van der Waals surface area (Å²) in [6, 6.07) is 13.1. The van der Waals surface area contributed by atoms with Gasteiger partial charge in [0.15, 0.2) is 11.5 Å². The molecule has 3 heterocycles. The first-order valence-electron chi connectivity index (χ1n) is 7.97. The van der Waals surface area contributed by atoms with Gasteiger partial charge in [-0.15, -0.1) is 11.3 Å². The number of hydrogen-bond donors (Lipinski definition) is 1. The van der Waals surface area contributed by atoms with Gasteiger partial charge in [-0.25, -0.2) is 9.67 Å². The van der Waals surface area contributed by atoms with E-state index in [0.29, 0.717) is 5.76 Å². The van der Waals surface area contributed by atoms with Crippen LogP contribution in [0.1, 0.15) is 29.0 Å². The lowest BCUT2D eigenvalue weighted by molar-refractivity contribution is 0.0931. The molecule has 4 aromatic rings. The SMILES string of the molecule is CC(NC(=O)c1cc(-c2cccs2)on1)c1ccc(-n2cncn2)cc1. The molecule has 1 amide bonds. The summed E-state index contributed by atoms with van der Waals surface area (Å²) in [6.07, 6.45) is 3.12. The molecule has 0 fully saturated rings. The van der Waals surface area contributed by atoms with Gasteiger partial charge in [0.2, 0.25) is 0 Å². The first-order chi connectivity index (χ1) is 12.7. The van der Waals surface area contributed by atoms with Crippen LogP contribution >= 0.6 is 11.3 Å². The highest BCUT2D eigenvalue weighted by molar-refractivity contribution is 7.13. The maximum absolute atomic E-state index is 12.4. The Morgan fingerprint density at radius 3 is 2.81 bits per heavy atom. The molecule has 0 spiro atoms. The van der Waals surface area contributed by atoms with Crippen molar-refractivity contribution < 1.29 is 9.32 Å². The Labute approximate surface area is 153 Å². The molecule has 0 aliphatic heterocycles. The fourth-order valence-corrected chi connectivity index (χ4v) is 3.20. The smallest absolute Gasteiger partial charge is 0.273 e. The maximum atomic E-state index is 12.4. The highest BCUT2D eigenvalue weighted by atomic mass is 32.1. The number of hydrogen-bond acceptors (Lipinski definition) is 6. The summed E-state index contributed by atoms with van der Waals surface area (Å²) in [6.45, 7) is 1.92. The third kappa shape index (κ3) is 3.27. The van der Waals surface area contributed by atoms with Gasteiger partial charge in [-0.1, -0.05) is 23.4 Å². The zero-order chi connectivity index (χ0) is 17.9. The standard InChI is InChI=1S/C18H15N5O2S/c1-12(13-4-6-14(7-5-13)23-11-19-10-20-23)21-18(24)15-9-16(25-22-15)17-3-2-8-26-17/h2-12H,1H3,(H,21,24). The molecule has 0 aliphatic rings. The zero-order valence-corrected chi connectivity index (χ0v) is 14.7. The van der Waals surface area contributed by atoms with Gasteiger partial charge < -0.3 is 9.84 Å². The number of nitrogens with zero attached hydrogens (tertiary/aromatic N) is 4. The van der Waals surface area contributed by atoms with Crippen molar-refractivity contribution in [2.45, 2.75) is 13.0 Å². The summed E-state index contributed by atoms with van der Waals surface area (Å²) in [5, 5.41) is 12.8. The minimum atomic E-state index is -0.274. The number of aromatic nitrogens is 4. The number of amides is 1. The van der Waals surface area contributed by atoms with Gasteiger partial charge in [-0.3, -0.25) is 4.79 Å². The van der Waals surface area contributed by atoms with Gasteiger partial charge in [0.25, 0.3) is 5.91 Å². The van der Waals surface area contributed by atoms with Crippen molar-refractivity contribution in [2.24, 2.45) is 0 Å².